The first-order chi connectivity index (χ1) is 13.5. The van der Waals surface area contributed by atoms with Crippen LogP contribution in [0.2, 0.25) is 5.02 Å². The molecule has 4 nitrogen and oxygen atoms in total. The maximum atomic E-state index is 13.0. The number of carbonyl (C=O) groups excluding carboxylic acids is 1. The zero-order valence-corrected chi connectivity index (χ0v) is 17.3. The third kappa shape index (κ3) is 3.28. The van der Waals surface area contributed by atoms with E-state index in [1.807, 2.05) is 56.3 Å². The molecule has 2 heterocycles. The van der Waals surface area contributed by atoms with Gasteiger partial charge in [-0.1, -0.05) is 53.7 Å². The van der Waals surface area contributed by atoms with E-state index in [1.54, 1.807) is 16.7 Å². The Labute approximate surface area is 174 Å². The fourth-order valence-electron chi connectivity index (χ4n) is 3.75. The van der Waals surface area contributed by atoms with Crippen LogP contribution in [0.5, 0.6) is 0 Å². The Morgan fingerprint density at radius 1 is 1.18 bits per heavy atom. The van der Waals surface area contributed by atoms with E-state index in [9.17, 15) is 10.1 Å². The van der Waals surface area contributed by atoms with Crippen LogP contribution in [0.25, 0.3) is 0 Å². The number of amides is 1. The molecule has 2 aromatic carbocycles. The largest absolute Gasteiger partial charge is 0.344 e. The molecule has 0 radical (unpaired) electrons. The number of anilines is 1. The predicted molar refractivity (Wildman–Crippen MR) is 114 cm³/mol. The molecule has 28 heavy (non-hydrogen) atoms. The fourth-order valence-corrected chi connectivity index (χ4v) is 5.09. The summed E-state index contributed by atoms with van der Waals surface area (Å²) >= 11 is 7.83. The van der Waals surface area contributed by atoms with Gasteiger partial charge in [-0.05, 0) is 42.7 Å². The molecule has 1 fully saturated rings. The molecule has 4 rings (SSSR count). The molecule has 142 valence electrons. The Kier molecular flexibility index (Phi) is 5.09. The van der Waals surface area contributed by atoms with Gasteiger partial charge in [-0.2, -0.15) is 5.26 Å². The molecule has 2 aliphatic heterocycles. The van der Waals surface area contributed by atoms with E-state index >= 15 is 0 Å². The van der Waals surface area contributed by atoms with Crippen molar-refractivity contribution in [2.24, 2.45) is 0 Å². The number of halogens is 1. The number of carbonyl (C=O) groups is 1. The van der Waals surface area contributed by atoms with Crippen molar-refractivity contribution in [1.29, 1.82) is 5.26 Å². The molecule has 0 bridgehead atoms. The maximum Gasteiger partial charge on any atom is 0.229 e. The first kappa shape index (κ1) is 18.9. The van der Waals surface area contributed by atoms with Crippen molar-refractivity contribution < 1.29 is 4.79 Å². The predicted octanol–water partition coefficient (Wildman–Crippen LogP) is 5.18. The number of thioether (sulfide) groups is 1. The Balaban J connectivity index is 1.68. The lowest BCUT2D eigenvalue weighted by molar-refractivity contribution is -0.129. The van der Waals surface area contributed by atoms with Gasteiger partial charge in [-0.3, -0.25) is 9.69 Å². The molecule has 1 saturated heterocycles. The van der Waals surface area contributed by atoms with Crippen LogP contribution in [-0.4, -0.2) is 23.4 Å². The second-order valence-corrected chi connectivity index (χ2v) is 8.49. The topological polar surface area (TPSA) is 47.3 Å². The van der Waals surface area contributed by atoms with Crippen molar-refractivity contribution in [1.82, 2.24) is 4.90 Å². The molecule has 0 N–H and O–H groups in total. The van der Waals surface area contributed by atoms with E-state index in [4.69, 9.17) is 11.6 Å². The molecule has 1 unspecified atom stereocenters. The molecule has 0 saturated carbocycles. The molecule has 1 amide bonds. The maximum absolute atomic E-state index is 13.0. The van der Waals surface area contributed by atoms with Gasteiger partial charge >= 0.3 is 0 Å². The first-order valence-electron chi connectivity index (χ1n) is 9.13. The summed E-state index contributed by atoms with van der Waals surface area (Å²) in [5.74, 6) is 0.556. The van der Waals surface area contributed by atoms with Crippen molar-refractivity contribution in [3.05, 3.63) is 74.8 Å². The van der Waals surface area contributed by atoms with Crippen LogP contribution >= 0.6 is 23.4 Å². The van der Waals surface area contributed by atoms with Gasteiger partial charge in [0, 0.05) is 23.0 Å². The third-order valence-corrected chi connectivity index (χ3v) is 6.94. The van der Waals surface area contributed by atoms with E-state index in [1.165, 1.54) is 0 Å². The number of allylic oxidation sites excluding steroid dienone is 1. The van der Waals surface area contributed by atoms with E-state index in [-0.39, 0.29) is 11.8 Å². The van der Waals surface area contributed by atoms with E-state index in [2.05, 4.69) is 11.0 Å². The average Bonchev–Trinajstić information content (AvgIpc) is 2.70. The highest BCUT2D eigenvalue weighted by Crippen LogP contribution is 2.44. The monoisotopic (exact) mass is 409 g/mol. The quantitative estimate of drug-likeness (QED) is 0.685. The number of nitriles is 1. The van der Waals surface area contributed by atoms with Crippen LogP contribution in [0, 0.1) is 25.2 Å². The van der Waals surface area contributed by atoms with Crippen LogP contribution < -0.4 is 4.90 Å². The average molecular weight is 410 g/mol. The summed E-state index contributed by atoms with van der Waals surface area (Å²) in [7, 11) is 0. The fraction of sp³-hybridized carbons (Fsp3) is 0.273. The Morgan fingerprint density at radius 2 is 1.96 bits per heavy atom. The van der Waals surface area contributed by atoms with Gasteiger partial charge in [0.2, 0.25) is 5.91 Å². The van der Waals surface area contributed by atoms with E-state index < -0.39 is 0 Å². The normalized spacial score (nSPS) is 19.5. The lowest BCUT2D eigenvalue weighted by Crippen LogP contribution is -2.47. The summed E-state index contributed by atoms with van der Waals surface area (Å²) in [6, 6.07) is 16.3. The Bertz CT molecular complexity index is 1030. The van der Waals surface area contributed by atoms with Crippen molar-refractivity contribution in [2.45, 2.75) is 26.2 Å². The molecule has 0 aromatic heterocycles. The van der Waals surface area contributed by atoms with Gasteiger partial charge in [0.1, 0.15) is 0 Å². The number of rotatable bonds is 2. The number of aryl methyl sites for hydroxylation is 2. The number of nitrogens with zero attached hydrogens (tertiary/aromatic N) is 3. The molecule has 2 aliphatic rings. The van der Waals surface area contributed by atoms with Gasteiger partial charge in [-0.15, -0.1) is 0 Å². The van der Waals surface area contributed by atoms with Crippen molar-refractivity contribution >= 4 is 35.0 Å². The minimum Gasteiger partial charge on any atom is -0.344 e. The minimum atomic E-state index is -0.169. The van der Waals surface area contributed by atoms with Gasteiger partial charge in [-0.25, -0.2) is 0 Å². The molecule has 0 spiro atoms. The van der Waals surface area contributed by atoms with Gasteiger partial charge in [0.05, 0.1) is 29.2 Å². The molecular weight excluding hydrogens is 390 g/mol. The molecular formula is C22H20ClN3OS. The third-order valence-electron chi connectivity index (χ3n) is 5.38. The highest BCUT2D eigenvalue weighted by atomic mass is 35.5. The number of hydrogen-bond acceptors (Lipinski definition) is 4. The van der Waals surface area contributed by atoms with Crippen LogP contribution in [-0.2, 0) is 4.79 Å². The second-order valence-electron chi connectivity index (χ2n) is 7.15. The van der Waals surface area contributed by atoms with E-state index in [0.717, 1.165) is 27.4 Å². The summed E-state index contributed by atoms with van der Waals surface area (Å²) in [5.41, 5.74) is 4.87. The van der Waals surface area contributed by atoms with Crippen LogP contribution in [0.1, 0.15) is 29.0 Å². The smallest absolute Gasteiger partial charge is 0.229 e. The first-order valence-corrected chi connectivity index (χ1v) is 10.5. The molecule has 1 atom stereocenters. The second kappa shape index (κ2) is 7.54. The number of fused-ring (bicyclic) bond motifs is 1. The summed E-state index contributed by atoms with van der Waals surface area (Å²) in [5, 5.41) is 11.4. The highest BCUT2D eigenvalue weighted by molar-refractivity contribution is 8.03. The lowest BCUT2D eigenvalue weighted by atomic mass is 9.84. The zero-order chi connectivity index (χ0) is 19.8. The number of benzene rings is 2. The summed E-state index contributed by atoms with van der Waals surface area (Å²) < 4.78 is 0. The summed E-state index contributed by atoms with van der Waals surface area (Å²) in [6.45, 7) is 4.44. The molecule has 0 aliphatic carbocycles. The summed E-state index contributed by atoms with van der Waals surface area (Å²) in [6.07, 6.45) is 0.320. The van der Waals surface area contributed by atoms with Crippen molar-refractivity contribution in [2.75, 3.05) is 17.4 Å². The van der Waals surface area contributed by atoms with E-state index in [0.29, 0.717) is 29.6 Å². The van der Waals surface area contributed by atoms with Gasteiger partial charge in [0.15, 0.2) is 0 Å². The van der Waals surface area contributed by atoms with Crippen molar-refractivity contribution in [3.8, 4) is 6.07 Å². The zero-order valence-electron chi connectivity index (χ0n) is 15.8. The minimum absolute atomic E-state index is 0.0534. The Hall–Kier alpha value is -2.42. The highest BCUT2D eigenvalue weighted by Gasteiger charge is 2.38. The summed E-state index contributed by atoms with van der Waals surface area (Å²) in [4.78, 5) is 16.9. The van der Waals surface area contributed by atoms with Crippen LogP contribution in [0.15, 0.2) is 53.1 Å². The van der Waals surface area contributed by atoms with Crippen molar-refractivity contribution in [3.63, 3.8) is 0 Å². The Morgan fingerprint density at radius 3 is 2.68 bits per heavy atom. The SMILES string of the molecule is Cc1ccc(N2CSC3=C(C#N)C(c4ccccc4C)CC(=O)N3C2)cc1Cl. The molecule has 6 heteroatoms. The lowest BCUT2D eigenvalue weighted by Gasteiger charge is -2.42. The van der Waals surface area contributed by atoms with Crippen LogP contribution in [0.4, 0.5) is 5.69 Å². The number of hydrogen-bond donors (Lipinski definition) is 0. The standard InChI is InChI=1S/C22H20ClN3OS/c1-14-5-3-4-6-17(14)18-10-21(27)26-12-25(13-28-22(26)19(18)11-24)16-8-7-15(2)20(23)9-16/h3-9,18H,10,12-13H2,1-2H3. The van der Waals surface area contributed by atoms with Crippen LogP contribution in [0.3, 0.4) is 0 Å². The van der Waals surface area contributed by atoms with Gasteiger partial charge in [0.25, 0.3) is 0 Å². The molecule has 2 aromatic rings. The van der Waals surface area contributed by atoms with Gasteiger partial charge < -0.3 is 4.90 Å².